The quantitative estimate of drug-likeness (QED) is 0.712. The van der Waals surface area contributed by atoms with E-state index in [-0.39, 0.29) is 23.9 Å². The second-order valence-electron chi connectivity index (χ2n) is 5.09. The second kappa shape index (κ2) is 3.79. The standard InChI is InChI=1S/C11H20O2/c1-11(2,3)10(13)9-6-4-5-8(9)7-12/h8-9,12H,4-7H2,1-3H3. The predicted molar refractivity (Wildman–Crippen MR) is 52.4 cm³/mol. The molecule has 0 aliphatic heterocycles. The summed E-state index contributed by atoms with van der Waals surface area (Å²) in [5, 5.41) is 9.10. The van der Waals surface area contributed by atoms with Gasteiger partial charge in [0.2, 0.25) is 0 Å². The van der Waals surface area contributed by atoms with Crippen LogP contribution in [0.5, 0.6) is 0 Å². The molecule has 13 heavy (non-hydrogen) atoms. The van der Waals surface area contributed by atoms with Gasteiger partial charge in [-0.2, -0.15) is 0 Å². The SMILES string of the molecule is CC(C)(C)C(=O)C1CCCC1CO. The van der Waals surface area contributed by atoms with E-state index in [4.69, 9.17) is 5.11 Å². The molecule has 0 aromatic carbocycles. The Morgan fingerprint density at radius 3 is 2.46 bits per heavy atom. The van der Waals surface area contributed by atoms with Crippen LogP contribution < -0.4 is 0 Å². The molecule has 2 heteroatoms. The summed E-state index contributed by atoms with van der Waals surface area (Å²) in [6.07, 6.45) is 3.09. The van der Waals surface area contributed by atoms with Crippen molar-refractivity contribution < 1.29 is 9.90 Å². The van der Waals surface area contributed by atoms with Gasteiger partial charge in [0.15, 0.2) is 0 Å². The number of hydrogen-bond acceptors (Lipinski definition) is 2. The minimum Gasteiger partial charge on any atom is -0.396 e. The Morgan fingerprint density at radius 2 is 2.00 bits per heavy atom. The first kappa shape index (κ1) is 10.7. The van der Waals surface area contributed by atoms with E-state index < -0.39 is 0 Å². The van der Waals surface area contributed by atoms with Gasteiger partial charge in [0, 0.05) is 17.9 Å². The molecule has 0 radical (unpaired) electrons. The highest BCUT2D eigenvalue weighted by Gasteiger charge is 2.37. The summed E-state index contributed by atoms with van der Waals surface area (Å²) in [7, 11) is 0. The van der Waals surface area contributed by atoms with Gasteiger partial charge in [-0.1, -0.05) is 27.2 Å². The van der Waals surface area contributed by atoms with Gasteiger partial charge in [-0.05, 0) is 18.8 Å². The number of carbonyl (C=O) groups excluding carboxylic acids is 1. The van der Waals surface area contributed by atoms with Gasteiger partial charge in [-0.3, -0.25) is 4.79 Å². The topological polar surface area (TPSA) is 37.3 Å². The number of rotatable bonds is 2. The molecule has 2 nitrogen and oxygen atoms in total. The summed E-state index contributed by atoms with van der Waals surface area (Å²) < 4.78 is 0. The van der Waals surface area contributed by atoms with Crippen LogP contribution in [0.15, 0.2) is 0 Å². The Balaban J connectivity index is 2.66. The first-order chi connectivity index (χ1) is 5.96. The summed E-state index contributed by atoms with van der Waals surface area (Å²) in [5.41, 5.74) is -0.248. The van der Waals surface area contributed by atoms with Crippen LogP contribution in [0.1, 0.15) is 40.0 Å². The maximum Gasteiger partial charge on any atom is 0.141 e. The molecule has 1 rings (SSSR count). The lowest BCUT2D eigenvalue weighted by Crippen LogP contribution is -2.31. The van der Waals surface area contributed by atoms with E-state index in [1.165, 1.54) is 0 Å². The molecule has 0 aromatic rings. The van der Waals surface area contributed by atoms with Crippen LogP contribution in [-0.2, 0) is 4.79 Å². The number of carbonyl (C=O) groups is 1. The zero-order valence-corrected chi connectivity index (χ0v) is 8.84. The molecule has 2 atom stereocenters. The molecule has 2 unspecified atom stereocenters. The number of hydrogen-bond donors (Lipinski definition) is 1. The van der Waals surface area contributed by atoms with E-state index >= 15 is 0 Å². The molecule has 1 N–H and O–H groups in total. The van der Waals surface area contributed by atoms with Gasteiger partial charge < -0.3 is 5.11 Å². The Morgan fingerprint density at radius 1 is 1.38 bits per heavy atom. The highest BCUT2D eigenvalue weighted by molar-refractivity contribution is 5.86. The Kier molecular flexibility index (Phi) is 3.12. The maximum atomic E-state index is 11.9. The molecule has 1 aliphatic carbocycles. The van der Waals surface area contributed by atoms with Crippen molar-refractivity contribution in [2.75, 3.05) is 6.61 Å². The predicted octanol–water partition coefficient (Wildman–Crippen LogP) is 2.01. The lowest BCUT2D eigenvalue weighted by Gasteiger charge is -2.24. The Labute approximate surface area is 80.3 Å². The van der Waals surface area contributed by atoms with Crippen LogP contribution in [0.25, 0.3) is 0 Å². The van der Waals surface area contributed by atoms with E-state index in [0.717, 1.165) is 19.3 Å². The summed E-state index contributed by atoms with van der Waals surface area (Å²) in [4.78, 5) is 11.9. The van der Waals surface area contributed by atoms with Crippen LogP contribution >= 0.6 is 0 Å². The fourth-order valence-corrected chi connectivity index (χ4v) is 2.16. The fourth-order valence-electron chi connectivity index (χ4n) is 2.16. The van der Waals surface area contributed by atoms with Crippen molar-refractivity contribution >= 4 is 5.78 Å². The fraction of sp³-hybridized carbons (Fsp3) is 0.909. The first-order valence-electron chi connectivity index (χ1n) is 5.12. The lowest BCUT2D eigenvalue weighted by molar-refractivity contribution is -0.132. The van der Waals surface area contributed by atoms with Crippen LogP contribution in [-0.4, -0.2) is 17.5 Å². The molecule has 0 spiro atoms. The monoisotopic (exact) mass is 184 g/mol. The summed E-state index contributed by atoms with van der Waals surface area (Å²) in [6.45, 7) is 6.05. The molecule has 0 amide bonds. The number of aliphatic hydroxyl groups excluding tert-OH is 1. The largest absolute Gasteiger partial charge is 0.396 e. The minimum absolute atomic E-state index is 0.116. The van der Waals surface area contributed by atoms with Gasteiger partial charge >= 0.3 is 0 Å². The van der Waals surface area contributed by atoms with E-state index in [1.807, 2.05) is 20.8 Å². The van der Waals surface area contributed by atoms with Crippen LogP contribution in [0, 0.1) is 17.3 Å². The minimum atomic E-state index is -0.248. The average Bonchev–Trinajstić information content (AvgIpc) is 2.48. The second-order valence-corrected chi connectivity index (χ2v) is 5.09. The van der Waals surface area contributed by atoms with Crippen molar-refractivity contribution in [3.05, 3.63) is 0 Å². The van der Waals surface area contributed by atoms with Gasteiger partial charge in [0.25, 0.3) is 0 Å². The van der Waals surface area contributed by atoms with Crippen molar-refractivity contribution in [1.29, 1.82) is 0 Å². The van der Waals surface area contributed by atoms with E-state index in [1.54, 1.807) is 0 Å². The van der Waals surface area contributed by atoms with E-state index in [0.29, 0.717) is 5.78 Å². The zero-order valence-electron chi connectivity index (χ0n) is 8.84. The summed E-state index contributed by atoms with van der Waals surface area (Å²) >= 11 is 0. The van der Waals surface area contributed by atoms with Crippen LogP contribution in [0.4, 0.5) is 0 Å². The van der Waals surface area contributed by atoms with Crippen LogP contribution in [0.2, 0.25) is 0 Å². The van der Waals surface area contributed by atoms with Crippen molar-refractivity contribution in [2.45, 2.75) is 40.0 Å². The molecule has 0 saturated heterocycles. The smallest absolute Gasteiger partial charge is 0.141 e. The van der Waals surface area contributed by atoms with Gasteiger partial charge in [-0.25, -0.2) is 0 Å². The lowest BCUT2D eigenvalue weighted by atomic mass is 9.79. The molecular formula is C11H20O2. The van der Waals surface area contributed by atoms with Crippen molar-refractivity contribution in [1.82, 2.24) is 0 Å². The van der Waals surface area contributed by atoms with Crippen molar-refractivity contribution in [3.8, 4) is 0 Å². The van der Waals surface area contributed by atoms with Crippen LogP contribution in [0.3, 0.4) is 0 Å². The van der Waals surface area contributed by atoms with Gasteiger partial charge in [0.05, 0.1) is 0 Å². The highest BCUT2D eigenvalue weighted by atomic mass is 16.3. The third kappa shape index (κ3) is 2.31. The maximum absolute atomic E-state index is 11.9. The molecule has 1 aliphatic rings. The van der Waals surface area contributed by atoms with Gasteiger partial charge in [0.1, 0.15) is 5.78 Å². The summed E-state index contributed by atoms with van der Waals surface area (Å²) in [6, 6.07) is 0. The first-order valence-corrected chi connectivity index (χ1v) is 5.12. The Hall–Kier alpha value is -0.370. The molecule has 0 aromatic heterocycles. The van der Waals surface area contributed by atoms with E-state index in [2.05, 4.69) is 0 Å². The number of aliphatic hydroxyl groups is 1. The Bertz CT molecular complexity index is 191. The van der Waals surface area contributed by atoms with Gasteiger partial charge in [-0.15, -0.1) is 0 Å². The normalized spacial score (nSPS) is 29.2. The van der Waals surface area contributed by atoms with E-state index in [9.17, 15) is 4.79 Å². The molecule has 0 bridgehead atoms. The highest BCUT2D eigenvalue weighted by Crippen LogP contribution is 2.36. The third-order valence-corrected chi connectivity index (χ3v) is 2.97. The number of Topliss-reactive ketones (excluding diaryl/α,β-unsaturated/α-hetero) is 1. The molecule has 76 valence electrons. The van der Waals surface area contributed by atoms with Crippen molar-refractivity contribution in [2.24, 2.45) is 17.3 Å². The number of ketones is 1. The third-order valence-electron chi connectivity index (χ3n) is 2.97. The average molecular weight is 184 g/mol. The molecule has 0 heterocycles. The van der Waals surface area contributed by atoms with Crippen molar-refractivity contribution in [3.63, 3.8) is 0 Å². The molecular weight excluding hydrogens is 164 g/mol. The molecule has 1 fully saturated rings. The summed E-state index contributed by atoms with van der Waals surface area (Å²) in [5.74, 6) is 0.667. The molecule has 1 saturated carbocycles. The zero-order chi connectivity index (χ0) is 10.1.